The molecule has 0 bridgehead atoms. The molecule has 0 saturated heterocycles. The average molecular weight is 403 g/mol. The number of hydrogen-bond acceptors (Lipinski definition) is 2. The van der Waals surface area contributed by atoms with Crippen molar-refractivity contribution in [1.82, 2.24) is 5.01 Å². The van der Waals surface area contributed by atoms with Crippen LogP contribution in [-0.4, -0.2) is 43.0 Å². The van der Waals surface area contributed by atoms with Crippen molar-refractivity contribution in [1.29, 1.82) is 0 Å². The van der Waals surface area contributed by atoms with Crippen molar-refractivity contribution < 1.29 is 0 Å². The van der Waals surface area contributed by atoms with Gasteiger partial charge in [-0.25, -0.2) is 0 Å². The predicted molar refractivity (Wildman–Crippen MR) is 93.4 cm³/mol. The van der Waals surface area contributed by atoms with Gasteiger partial charge in [0.15, 0.2) is 0 Å². The van der Waals surface area contributed by atoms with Crippen LogP contribution < -0.4 is 0 Å². The van der Waals surface area contributed by atoms with Crippen LogP contribution in [0.5, 0.6) is 0 Å². The molecule has 1 aliphatic heterocycles. The summed E-state index contributed by atoms with van der Waals surface area (Å²) < 4.78 is 1.13. The molecule has 1 aromatic carbocycles. The van der Waals surface area contributed by atoms with Gasteiger partial charge in [-0.15, -0.1) is 17.0 Å². The topological polar surface area (TPSA) is 28.0 Å². The summed E-state index contributed by atoms with van der Waals surface area (Å²) in [6.45, 7) is 8.64. The van der Waals surface area contributed by atoms with Crippen molar-refractivity contribution in [2.75, 3.05) is 7.05 Å². The molecule has 5 heteroatoms. The van der Waals surface area contributed by atoms with Gasteiger partial charge >= 0.3 is 121 Å². The van der Waals surface area contributed by atoms with Gasteiger partial charge in [-0.3, -0.25) is 0 Å². The number of halogens is 1. The first-order chi connectivity index (χ1) is 8.87. The molecule has 1 heterocycles. The molecule has 3 nitrogen and oxygen atoms in total. The molecule has 20 heavy (non-hydrogen) atoms. The Hall–Kier alpha value is -0.641. The van der Waals surface area contributed by atoms with Gasteiger partial charge in [-0.2, -0.15) is 0 Å². The zero-order valence-corrected chi connectivity index (χ0v) is 16.0. The van der Waals surface area contributed by atoms with Gasteiger partial charge in [0, 0.05) is 0 Å². The Morgan fingerprint density at radius 1 is 1.20 bits per heavy atom. The third kappa shape index (κ3) is 4.44. The second kappa shape index (κ2) is 6.88. The Kier molecular flexibility index (Phi) is 5.99. The van der Waals surface area contributed by atoms with E-state index < -0.39 is 0 Å². The van der Waals surface area contributed by atoms with Crippen LogP contribution in [0.4, 0.5) is 0 Å². The summed E-state index contributed by atoms with van der Waals surface area (Å²) in [6.07, 6.45) is 0. The molecule has 0 spiro atoms. The van der Waals surface area contributed by atoms with Crippen LogP contribution in [0.15, 0.2) is 40.4 Å². The molecule has 1 aromatic rings. The van der Waals surface area contributed by atoms with E-state index in [0.29, 0.717) is 19.8 Å². The zero-order valence-electron chi connectivity index (χ0n) is 12.6. The maximum absolute atomic E-state index is 4.79. The van der Waals surface area contributed by atoms with Gasteiger partial charge in [-0.05, 0) is 0 Å². The van der Waals surface area contributed by atoms with E-state index in [0.717, 1.165) is 4.73 Å². The summed E-state index contributed by atoms with van der Waals surface area (Å²) in [4.78, 5) is 5.26. The summed E-state index contributed by atoms with van der Waals surface area (Å²) >= 11 is 0.328. The number of nitrogens with zero attached hydrogens (tertiary/aromatic N) is 3. The molecule has 0 amide bonds. The fourth-order valence-corrected chi connectivity index (χ4v) is 4.24. The van der Waals surface area contributed by atoms with Crippen LogP contribution in [0.25, 0.3) is 0 Å². The van der Waals surface area contributed by atoms with Crippen molar-refractivity contribution in [3.05, 3.63) is 35.9 Å². The van der Waals surface area contributed by atoms with Gasteiger partial charge in [0.25, 0.3) is 0 Å². The van der Waals surface area contributed by atoms with Gasteiger partial charge in [0.2, 0.25) is 0 Å². The van der Waals surface area contributed by atoms with Crippen molar-refractivity contribution in [3.8, 4) is 0 Å². The molecule has 2 rings (SSSR count). The molecule has 1 atom stereocenters. The van der Waals surface area contributed by atoms with Crippen LogP contribution >= 0.6 is 17.0 Å². The van der Waals surface area contributed by atoms with E-state index in [1.165, 1.54) is 11.3 Å². The molecular weight excluding hydrogens is 381 g/mol. The van der Waals surface area contributed by atoms with Crippen LogP contribution in [0, 0.1) is 0 Å². The summed E-state index contributed by atoms with van der Waals surface area (Å²) in [5, 5.41) is 6.69. The standard InChI is InChI=1S/C15H21N3Se.BrH/c1-11-13(12-9-7-6-8-10-12)17-18(5)14(19-11)16-15(2,3)4;/h6-11H,1-5H3;1H. The first kappa shape index (κ1) is 17.4. The molecule has 0 fully saturated rings. The van der Waals surface area contributed by atoms with E-state index in [2.05, 4.69) is 52.0 Å². The second-order valence-corrected chi connectivity index (χ2v) is 8.44. The molecular formula is C15H22BrN3Se. The number of aliphatic imine (C=N–C) groups is 1. The Balaban J connectivity index is 0.00000200. The number of rotatable bonds is 1. The average Bonchev–Trinajstić information content (AvgIpc) is 2.33. The Morgan fingerprint density at radius 3 is 2.35 bits per heavy atom. The first-order valence-electron chi connectivity index (χ1n) is 6.51. The second-order valence-electron chi connectivity index (χ2n) is 5.70. The summed E-state index contributed by atoms with van der Waals surface area (Å²) in [5.41, 5.74) is 2.36. The number of benzene rings is 1. The van der Waals surface area contributed by atoms with Crippen molar-refractivity contribution in [3.63, 3.8) is 0 Å². The first-order valence-corrected chi connectivity index (χ1v) is 8.35. The van der Waals surface area contributed by atoms with E-state index >= 15 is 0 Å². The minimum atomic E-state index is -0.0369. The molecule has 1 aliphatic rings. The van der Waals surface area contributed by atoms with E-state index in [4.69, 9.17) is 10.1 Å². The number of hydrazone groups is 1. The van der Waals surface area contributed by atoms with Crippen LogP contribution in [0.2, 0.25) is 4.82 Å². The number of amidine groups is 1. The normalized spacial score (nSPS) is 21.4. The Bertz CT molecular complexity index is 506. The number of hydrogen-bond donors (Lipinski definition) is 0. The van der Waals surface area contributed by atoms with Crippen LogP contribution in [0.3, 0.4) is 0 Å². The van der Waals surface area contributed by atoms with Gasteiger partial charge in [0.1, 0.15) is 0 Å². The third-order valence-corrected chi connectivity index (χ3v) is 5.10. The Morgan fingerprint density at radius 2 is 1.80 bits per heavy atom. The van der Waals surface area contributed by atoms with E-state index in [1.807, 2.05) is 18.1 Å². The summed E-state index contributed by atoms with van der Waals surface area (Å²) in [5.74, 6) is 0. The molecule has 0 aromatic heterocycles. The summed E-state index contributed by atoms with van der Waals surface area (Å²) in [7, 11) is 2.00. The SMILES string of the molecule is Br.CC1[Se]C(=NC(C)(C)C)N(C)N=C1c1ccccc1. The molecule has 0 aliphatic carbocycles. The Labute approximate surface area is 138 Å². The quantitative estimate of drug-likeness (QED) is 0.659. The fraction of sp³-hybridized carbons (Fsp3) is 0.467. The summed E-state index contributed by atoms with van der Waals surface area (Å²) in [6, 6.07) is 10.4. The van der Waals surface area contributed by atoms with E-state index in [-0.39, 0.29) is 22.5 Å². The minimum absolute atomic E-state index is 0. The predicted octanol–water partition coefficient (Wildman–Crippen LogP) is 3.58. The van der Waals surface area contributed by atoms with Gasteiger partial charge in [-0.1, -0.05) is 0 Å². The molecule has 0 radical (unpaired) electrons. The fourth-order valence-electron chi connectivity index (χ4n) is 1.86. The van der Waals surface area contributed by atoms with E-state index in [1.54, 1.807) is 0 Å². The van der Waals surface area contributed by atoms with E-state index in [9.17, 15) is 0 Å². The molecule has 0 N–H and O–H groups in total. The van der Waals surface area contributed by atoms with Crippen LogP contribution in [0.1, 0.15) is 33.3 Å². The molecule has 110 valence electrons. The van der Waals surface area contributed by atoms with Gasteiger partial charge in [0.05, 0.1) is 0 Å². The van der Waals surface area contributed by atoms with Crippen LogP contribution in [-0.2, 0) is 0 Å². The monoisotopic (exact) mass is 403 g/mol. The third-order valence-electron chi connectivity index (χ3n) is 2.70. The van der Waals surface area contributed by atoms with Crippen molar-refractivity contribution in [2.24, 2.45) is 10.1 Å². The molecule has 0 saturated carbocycles. The van der Waals surface area contributed by atoms with Gasteiger partial charge < -0.3 is 0 Å². The van der Waals surface area contributed by atoms with Crippen molar-refractivity contribution in [2.45, 2.75) is 38.1 Å². The maximum atomic E-state index is 4.79. The molecule has 1 unspecified atom stereocenters. The zero-order chi connectivity index (χ0) is 14.0. The van der Waals surface area contributed by atoms with Crippen molar-refractivity contribution >= 4 is 42.4 Å².